The molecule has 0 saturated heterocycles. The molecule has 0 aliphatic carbocycles. The Morgan fingerprint density at radius 3 is 2.70 bits per heavy atom. The summed E-state index contributed by atoms with van der Waals surface area (Å²) in [4.78, 5) is 29.5. The molecule has 37 heavy (non-hydrogen) atoms. The number of anilines is 1. The highest BCUT2D eigenvalue weighted by atomic mass is 19.1. The molecule has 9 nitrogen and oxygen atoms in total. The molecule has 3 heterocycles. The van der Waals surface area contributed by atoms with E-state index in [0.717, 1.165) is 5.56 Å². The maximum atomic E-state index is 14.8. The molecule has 0 radical (unpaired) electrons. The lowest BCUT2D eigenvalue weighted by Gasteiger charge is -2.22. The number of hydrogen-bond donors (Lipinski definition) is 2. The zero-order chi connectivity index (χ0) is 26.5. The van der Waals surface area contributed by atoms with Crippen molar-refractivity contribution in [2.45, 2.75) is 19.8 Å². The summed E-state index contributed by atoms with van der Waals surface area (Å²) in [6, 6.07) is 10.1. The number of nitrogens with one attached hydrogen (secondary N) is 2. The molecule has 0 aliphatic rings. The van der Waals surface area contributed by atoms with E-state index in [-0.39, 0.29) is 34.4 Å². The number of halogens is 1. The Labute approximate surface area is 213 Å². The van der Waals surface area contributed by atoms with Gasteiger partial charge >= 0.3 is 0 Å². The van der Waals surface area contributed by atoms with Gasteiger partial charge in [-0.25, -0.2) is 19.3 Å². The van der Waals surface area contributed by atoms with Crippen molar-refractivity contribution in [3.05, 3.63) is 71.7 Å². The summed E-state index contributed by atoms with van der Waals surface area (Å²) < 4.78 is 20.0. The quantitative estimate of drug-likeness (QED) is 0.367. The molecule has 4 rings (SSSR count). The van der Waals surface area contributed by atoms with Crippen LogP contribution in [0.2, 0.25) is 0 Å². The number of nitrogens with zero attached hydrogens (tertiary/aromatic N) is 5. The number of amides is 1. The molecular weight excluding hydrogens is 473 g/mol. The summed E-state index contributed by atoms with van der Waals surface area (Å²) in [5, 5.41) is 15.3. The number of pyridine rings is 2. The summed E-state index contributed by atoms with van der Waals surface area (Å²) in [5.74, 6) is 0.253. The highest BCUT2D eigenvalue weighted by Gasteiger charge is 2.22. The monoisotopic (exact) mass is 499 g/mol. The van der Waals surface area contributed by atoms with Gasteiger partial charge in [0.25, 0.3) is 5.91 Å². The average molecular weight is 500 g/mol. The smallest absolute Gasteiger partial charge is 0.251 e. The third kappa shape index (κ3) is 5.16. The number of carbonyl (C=O) groups excluding carboxylic acids is 1. The van der Waals surface area contributed by atoms with Gasteiger partial charge in [0.05, 0.1) is 23.9 Å². The van der Waals surface area contributed by atoms with Gasteiger partial charge in [-0.1, -0.05) is 19.9 Å². The van der Waals surface area contributed by atoms with E-state index in [4.69, 9.17) is 10.00 Å². The van der Waals surface area contributed by atoms with Crippen LogP contribution in [0.4, 0.5) is 10.2 Å². The van der Waals surface area contributed by atoms with Gasteiger partial charge in [-0.2, -0.15) is 5.26 Å². The zero-order valence-corrected chi connectivity index (χ0v) is 20.9. The summed E-state index contributed by atoms with van der Waals surface area (Å²) in [6.45, 7) is 4.70. The molecule has 188 valence electrons. The Balaban J connectivity index is 1.54. The highest BCUT2D eigenvalue weighted by Crippen LogP contribution is 2.32. The van der Waals surface area contributed by atoms with Crippen LogP contribution in [0.5, 0.6) is 5.75 Å². The van der Waals surface area contributed by atoms with E-state index >= 15 is 0 Å². The number of aromatic nitrogens is 4. The summed E-state index contributed by atoms with van der Waals surface area (Å²) in [6.07, 6.45) is 4.55. The largest absolute Gasteiger partial charge is 0.494 e. The summed E-state index contributed by atoms with van der Waals surface area (Å²) >= 11 is 0. The Bertz CT molecular complexity index is 1500. The SMILES string of the molecule is CNC(=O)c1ccnc2c(C(C)[C@H](C)CNc3cc(-c4cnc(C#N)c(OC)c4)ncn3)ccc(F)c12. The Hall–Kier alpha value is -4.65. The molecule has 1 amide bonds. The first kappa shape index (κ1) is 25.4. The average Bonchev–Trinajstić information content (AvgIpc) is 2.94. The van der Waals surface area contributed by atoms with E-state index in [9.17, 15) is 9.18 Å². The second-order valence-electron chi connectivity index (χ2n) is 8.62. The van der Waals surface area contributed by atoms with Crippen LogP contribution in [0.1, 0.15) is 41.4 Å². The molecular formula is C27H26FN7O2. The second kappa shape index (κ2) is 11.0. The molecule has 1 aromatic carbocycles. The van der Waals surface area contributed by atoms with E-state index in [1.54, 1.807) is 24.4 Å². The van der Waals surface area contributed by atoms with Crippen LogP contribution in [0.3, 0.4) is 0 Å². The van der Waals surface area contributed by atoms with Crippen LogP contribution in [0.25, 0.3) is 22.2 Å². The molecule has 0 saturated carbocycles. The highest BCUT2D eigenvalue weighted by molar-refractivity contribution is 6.06. The molecule has 0 spiro atoms. The van der Waals surface area contributed by atoms with E-state index in [2.05, 4.69) is 37.5 Å². The van der Waals surface area contributed by atoms with Crippen molar-refractivity contribution >= 4 is 22.6 Å². The van der Waals surface area contributed by atoms with E-state index in [1.165, 1.54) is 38.8 Å². The fourth-order valence-corrected chi connectivity index (χ4v) is 4.12. The van der Waals surface area contributed by atoms with Gasteiger partial charge in [-0.3, -0.25) is 9.78 Å². The van der Waals surface area contributed by atoms with Gasteiger partial charge in [0.2, 0.25) is 0 Å². The predicted molar refractivity (Wildman–Crippen MR) is 138 cm³/mol. The second-order valence-corrected chi connectivity index (χ2v) is 8.62. The number of fused-ring (bicyclic) bond motifs is 1. The Morgan fingerprint density at radius 1 is 1.16 bits per heavy atom. The Kier molecular flexibility index (Phi) is 7.53. The number of nitriles is 1. The van der Waals surface area contributed by atoms with Crippen molar-refractivity contribution in [2.75, 3.05) is 26.0 Å². The van der Waals surface area contributed by atoms with Crippen molar-refractivity contribution in [3.63, 3.8) is 0 Å². The standard InChI is InChI=1S/C27H26FN7O2/c1-15(16(2)18-5-6-20(28)25-19(27(36)30-3)7-8-31-26(18)25)12-33-24-10-21(34-14-35-24)17-9-23(37-4)22(11-29)32-13-17/h5-10,13-16H,12H2,1-4H3,(H,30,36)(H,33,34,35)/t15-,16?/m1/s1. The van der Waals surface area contributed by atoms with Gasteiger partial charge in [-0.15, -0.1) is 0 Å². The maximum absolute atomic E-state index is 14.8. The lowest BCUT2D eigenvalue weighted by molar-refractivity contribution is 0.0964. The maximum Gasteiger partial charge on any atom is 0.251 e. The normalized spacial score (nSPS) is 12.4. The van der Waals surface area contributed by atoms with Gasteiger partial charge in [-0.05, 0) is 35.6 Å². The lowest BCUT2D eigenvalue weighted by atomic mass is 9.86. The van der Waals surface area contributed by atoms with Gasteiger partial charge < -0.3 is 15.4 Å². The van der Waals surface area contributed by atoms with E-state index < -0.39 is 5.82 Å². The van der Waals surface area contributed by atoms with Crippen molar-refractivity contribution in [2.24, 2.45) is 5.92 Å². The predicted octanol–water partition coefficient (Wildman–Crippen LogP) is 4.32. The number of ether oxygens (including phenoxy) is 1. The Morgan fingerprint density at radius 2 is 1.97 bits per heavy atom. The number of methoxy groups -OCH3 is 1. The molecule has 0 bridgehead atoms. The third-order valence-corrected chi connectivity index (χ3v) is 6.43. The van der Waals surface area contributed by atoms with Crippen LogP contribution >= 0.6 is 0 Å². The van der Waals surface area contributed by atoms with E-state index in [0.29, 0.717) is 34.9 Å². The molecule has 4 aromatic rings. The van der Waals surface area contributed by atoms with Gasteiger partial charge in [0.1, 0.15) is 24.0 Å². The van der Waals surface area contributed by atoms with Crippen LogP contribution < -0.4 is 15.4 Å². The zero-order valence-electron chi connectivity index (χ0n) is 20.9. The fourth-order valence-electron chi connectivity index (χ4n) is 4.12. The summed E-state index contributed by atoms with van der Waals surface area (Å²) in [5.41, 5.74) is 3.11. The number of carbonyl (C=O) groups is 1. The molecule has 2 atom stereocenters. The lowest BCUT2D eigenvalue weighted by Crippen LogP contribution is -2.20. The van der Waals surface area contributed by atoms with Crippen molar-refractivity contribution in [1.29, 1.82) is 5.26 Å². The molecule has 0 fully saturated rings. The van der Waals surface area contributed by atoms with Crippen LogP contribution in [-0.2, 0) is 0 Å². The minimum Gasteiger partial charge on any atom is -0.494 e. The molecule has 0 aliphatic heterocycles. The van der Waals surface area contributed by atoms with Crippen molar-refractivity contribution in [1.82, 2.24) is 25.3 Å². The minimum atomic E-state index is -0.481. The first-order valence-corrected chi connectivity index (χ1v) is 11.7. The number of benzene rings is 1. The first-order valence-electron chi connectivity index (χ1n) is 11.7. The summed E-state index contributed by atoms with van der Waals surface area (Å²) in [7, 11) is 3.00. The minimum absolute atomic E-state index is 0.00340. The van der Waals surface area contributed by atoms with Crippen LogP contribution in [0.15, 0.2) is 49.1 Å². The molecule has 3 aromatic heterocycles. The van der Waals surface area contributed by atoms with Gasteiger partial charge in [0, 0.05) is 43.0 Å². The molecule has 10 heteroatoms. The molecule has 2 N–H and O–H groups in total. The van der Waals surface area contributed by atoms with Crippen LogP contribution in [-0.4, -0.2) is 46.5 Å². The van der Waals surface area contributed by atoms with E-state index in [1.807, 2.05) is 13.0 Å². The topological polar surface area (TPSA) is 126 Å². The fraction of sp³-hybridized carbons (Fsp3) is 0.259. The number of hydrogen-bond acceptors (Lipinski definition) is 8. The van der Waals surface area contributed by atoms with Gasteiger partial charge in [0.15, 0.2) is 11.4 Å². The van der Waals surface area contributed by atoms with Crippen molar-refractivity contribution < 1.29 is 13.9 Å². The third-order valence-electron chi connectivity index (χ3n) is 6.43. The van der Waals surface area contributed by atoms with Crippen LogP contribution in [0, 0.1) is 23.1 Å². The molecule has 1 unspecified atom stereocenters. The number of rotatable bonds is 8. The van der Waals surface area contributed by atoms with Crippen molar-refractivity contribution in [3.8, 4) is 23.1 Å². The first-order chi connectivity index (χ1) is 17.9.